The molecule has 0 amide bonds. The lowest BCUT2D eigenvalue weighted by Gasteiger charge is -2.44. The number of carbonyl (C=O) groups excluding carboxylic acids is 1. The van der Waals surface area contributed by atoms with Crippen LogP contribution in [0.25, 0.3) is 0 Å². The quantitative estimate of drug-likeness (QED) is 0.511. The molecule has 1 atom stereocenters. The van der Waals surface area contributed by atoms with Gasteiger partial charge in [0.15, 0.2) is 0 Å². The van der Waals surface area contributed by atoms with Crippen LogP contribution in [0.5, 0.6) is 0 Å². The van der Waals surface area contributed by atoms with Gasteiger partial charge in [-0.1, -0.05) is 60.6 Å². The summed E-state index contributed by atoms with van der Waals surface area (Å²) in [5.41, 5.74) is -0.470. The van der Waals surface area contributed by atoms with Crippen LogP contribution in [0.2, 0.25) is 0 Å². The molecule has 18 heavy (non-hydrogen) atoms. The molecular formula is C16H30O2. The van der Waals surface area contributed by atoms with Gasteiger partial charge in [-0.2, -0.15) is 0 Å². The highest BCUT2D eigenvalue weighted by Gasteiger charge is 2.48. The van der Waals surface area contributed by atoms with Crippen molar-refractivity contribution in [1.29, 1.82) is 0 Å². The lowest BCUT2D eigenvalue weighted by molar-refractivity contribution is -0.163. The van der Waals surface area contributed by atoms with Crippen molar-refractivity contribution in [3.05, 3.63) is 12.7 Å². The van der Waals surface area contributed by atoms with E-state index in [1.807, 2.05) is 6.92 Å². The van der Waals surface area contributed by atoms with Crippen molar-refractivity contribution in [3.63, 3.8) is 0 Å². The first-order chi connectivity index (χ1) is 8.00. The molecule has 0 bridgehead atoms. The van der Waals surface area contributed by atoms with E-state index in [1.54, 1.807) is 6.08 Å². The van der Waals surface area contributed by atoms with Crippen LogP contribution in [0.3, 0.4) is 0 Å². The molecule has 0 heterocycles. The standard InChI is InChI=1S/C16H30O2/c1-9-11-18-13(17)16(8,14(3,4)5)12-15(6,7)10-2/h9H,1,10-12H2,2-8H3. The second kappa shape index (κ2) is 5.90. The molecule has 0 aromatic rings. The molecule has 0 saturated heterocycles. The van der Waals surface area contributed by atoms with Crippen LogP contribution >= 0.6 is 0 Å². The van der Waals surface area contributed by atoms with E-state index in [2.05, 4.69) is 48.1 Å². The summed E-state index contributed by atoms with van der Waals surface area (Å²) in [4.78, 5) is 12.4. The van der Waals surface area contributed by atoms with E-state index < -0.39 is 5.41 Å². The van der Waals surface area contributed by atoms with E-state index in [1.165, 1.54) is 0 Å². The molecule has 0 aliphatic rings. The molecule has 0 aromatic heterocycles. The van der Waals surface area contributed by atoms with Crippen LogP contribution < -0.4 is 0 Å². The molecule has 0 fully saturated rings. The highest BCUT2D eigenvalue weighted by Crippen LogP contribution is 2.48. The Morgan fingerprint density at radius 1 is 1.17 bits per heavy atom. The molecule has 0 radical (unpaired) electrons. The molecule has 0 aromatic carbocycles. The van der Waals surface area contributed by atoms with Crippen LogP contribution in [0, 0.1) is 16.2 Å². The zero-order valence-electron chi connectivity index (χ0n) is 13.2. The molecule has 0 aliphatic carbocycles. The smallest absolute Gasteiger partial charge is 0.312 e. The number of ether oxygens (including phenoxy) is 1. The van der Waals surface area contributed by atoms with Crippen molar-refractivity contribution in [2.75, 3.05) is 6.61 Å². The van der Waals surface area contributed by atoms with Gasteiger partial charge in [-0.3, -0.25) is 4.79 Å². The van der Waals surface area contributed by atoms with Gasteiger partial charge in [0.2, 0.25) is 0 Å². The van der Waals surface area contributed by atoms with Gasteiger partial charge in [-0.25, -0.2) is 0 Å². The summed E-state index contributed by atoms with van der Waals surface area (Å²) >= 11 is 0. The van der Waals surface area contributed by atoms with E-state index in [4.69, 9.17) is 4.74 Å². The highest BCUT2D eigenvalue weighted by molar-refractivity contribution is 5.77. The second-order valence-electron chi connectivity index (χ2n) is 7.16. The molecule has 0 aliphatic heterocycles. The fourth-order valence-electron chi connectivity index (χ4n) is 2.02. The maximum absolute atomic E-state index is 12.4. The molecule has 0 saturated carbocycles. The Labute approximate surface area is 113 Å². The maximum Gasteiger partial charge on any atom is 0.312 e. The summed E-state index contributed by atoms with van der Waals surface area (Å²) in [5.74, 6) is -0.114. The summed E-state index contributed by atoms with van der Waals surface area (Å²) < 4.78 is 5.32. The first-order valence-corrected chi connectivity index (χ1v) is 6.78. The fraction of sp³-hybridized carbons (Fsp3) is 0.812. The van der Waals surface area contributed by atoms with Gasteiger partial charge in [-0.05, 0) is 24.2 Å². The maximum atomic E-state index is 12.4. The van der Waals surface area contributed by atoms with Crippen molar-refractivity contribution >= 4 is 5.97 Å². The third-order valence-electron chi connectivity index (χ3n) is 4.23. The topological polar surface area (TPSA) is 26.3 Å². The number of rotatable bonds is 6. The molecule has 2 heteroatoms. The predicted molar refractivity (Wildman–Crippen MR) is 77.4 cm³/mol. The SMILES string of the molecule is C=CCOC(=O)C(C)(CC(C)(C)CC)C(C)(C)C. The minimum Gasteiger partial charge on any atom is -0.461 e. The zero-order valence-corrected chi connectivity index (χ0v) is 13.2. The van der Waals surface area contributed by atoms with Gasteiger partial charge in [0, 0.05) is 0 Å². The normalized spacial score (nSPS) is 15.9. The monoisotopic (exact) mass is 254 g/mol. The van der Waals surface area contributed by atoms with Gasteiger partial charge in [0.25, 0.3) is 0 Å². The van der Waals surface area contributed by atoms with E-state index in [-0.39, 0.29) is 23.4 Å². The lowest BCUT2D eigenvalue weighted by atomic mass is 9.60. The Morgan fingerprint density at radius 3 is 2.00 bits per heavy atom. The summed E-state index contributed by atoms with van der Waals surface area (Å²) in [6, 6.07) is 0. The van der Waals surface area contributed by atoms with Gasteiger partial charge < -0.3 is 4.74 Å². The predicted octanol–water partition coefficient (Wildman–Crippen LogP) is 4.59. The van der Waals surface area contributed by atoms with Gasteiger partial charge >= 0.3 is 5.97 Å². The average Bonchev–Trinajstić information content (AvgIpc) is 2.23. The van der Waals surface area contributed by atoms with Crippen molar-refractivity contribution in [2.45, 2.75) is 61.3 Å². The Bertz CT molecular complexity index is 297. The minimum atomic E-state index is -0.477. The molecule has 0 N–H and O–H groups in total. The molecule has 0 rings (SSSR count). The van der Waals surface area contributed by atoms with Crippen LogP contribution in [0.15, 0.2) is 12.7 Å². The summed E-state index contributed by atoms with van der Waals surface area (Å²) in [6.45, 7) is 18.8. The number of hydrogen-bond acceptors (Lipinski definition) is 2. The molecule has 0 spiro atoms. The second-order valence-corrected chi connectivity index (χ2v) is 7.16. The third kappa shape index (κ3) is 4.15. The highest BCUT2D eigenvalue weighted by atomic mass is 16.5. The molecule has 1 unspecified atom stereocenters. The molecular weight excluding hydrogens is 224 g/mol. The van der Waals surface area contributed by atoms with Gasteiger partial charge in [-0.15, -0.1) is 0 Å². The van der Waals surface area contributed by atoms with E-state index in [9.17, 15) is 4.79 Å². The van der Waals surface area contributed by atoms with Crippen LogP contribution in [0.1, 0.15) is 61.3 Å². The minimum absolute atomic E-state index is 0.114. The van der Waals surface area contributed by atoms with Crippen molar-refractivity contribution in [1.82, 2.24) is 0 Å². The average molecular weight is 254 g/mol. The van der Waals surface area contributed by atoms with E-state index in [0.29, 0.717) is 0 Å². The van der Waals surface area contributed by atoms with E-state index in [0.717, 1.165) is 12.8 Å². The van der Waals surface area contributed by atoms with Gasteiger partial charge in [0.1, 0.15) is 6.61 Å². The molecule has 106 valence electrons. The summed E-state index contributed by atoms with van der Waals surface area (Å²) in [5, 5.41) is 0. The third-order valence-corrected chi connectivity index (χ3v) is 4.23. The zero-order chi connectivity index (χ0) is 14.6. The number of esters is 1. The van der Waals surface area contributed by atoms with Crippen molar-refractivity contribution in [3.8, 4) is 0 Å². The first kappa shape index (κ1) is 17.2. The van der Waals surface area contributed by atoms with Crippen LogP contribution in [-0.2, 0) is 9.53 Å². The van der Waals surface area contributed by atoms with Crippen molar-refractivity contribution in [2.24, 2.45) is 16.2 Å². The van der Waals surface area contributed by atoms with Crippen LogP contribution in [0.4, 0.5) is 0 Å². The van der Waals surface area contributed by atoms with Crippen molar-refractivity contribution < 1.29 is 9.53 Å². The fourth-order valence-corrected chi connectivity index (χ4v) is 2.02. The van der Waals surface area contributed by atoms with E-state index >= 15 is 0 Å². The Balaban J connectivity index is 5.20. The Kier molecular flexibility index (Phi) is 5.64. The largest absolute Gasteiger partial charge is 0.461 e. The Morgan fingerprint density at radius 2 is 1.67 bits per heavy atom. The summed E-state index contributed by atoms with van der Waals surface area (Å²) in [7, 11) is 0. The summed E-state index contributed by atoms with van der Waals surface area (Å²) in [6.07, 6.45) is 3.50. The number of hydrogen-bond donors (Lipinski definition) is 0. The molecule has 2 nitrogen and oxygen atoms in total. The Hall–Kier alpha value is -0.790. The van der Waals surface area contributed by atoms with Gasteiger partial charge in [0.05, 0.1) is 5.41 Å². The first-order valence-electron chi connectivity index (χ1n) is 6.78. The number of carbonyl (C=O) groups is 1. The van der Waals surface area contributed by atoms with Crippen LogP contribution in [-0.4, -0.2) is 12.6 Å². The lowest BCUT2D eigenvalue weighted by Crippen LogP contribution is -2.44.